The number of rotatable bonds is 8. The van der Waals surface area contributed by atoms with Crippen molar-refractivity contribution in [2.75, 3.05) is 12.9 Å². The zero-order valence-corrected chi connectivity index (χ0v) is 23.6. The molecule has 0 fully saturated rings. The van der Waals surface area contributed by atoms with Crippen LogP contribution in [0.4, 0.5) is 0 Å². The first-order valence-corrected chi connectivity index (χ1v) is 13.8. The summed E-state index contributed by atoms with van der Waals surface area (Å²) in [4.78, 5) is 32.2. The number of carboxylic acid groups (broad SMARTS) is 1. The maximum absolute atomic E-state index is 13.0. The number of imidazole rings is 1. The first-order valence-electron chi connectivity index (χ1n) is 11.3. The number of pyridine rings is 1. The van der Waals surface area contributed by atoms with E-state index in [1.807, 2.05) is 57.5 Å². The molecule has 2 aromatic heterocycles. The highest BCUT2D eigenvalue weighted by atomic mass is 35.5. The molecule has 194 valence electrons. The van der Waals surface area contributed by atoms with Crippen molar-refractivity contribution in [2.45, 2.75) is 57.2 Å². The standard InChI is InChI=1S/C25H30N4O4S2.ClH/c1-13-19(12-35-34-11-16(26)21(30)31)29(8-7-20(13)33-6)23-27-17-9-14-15(10-18(17)28-23)25(4,5)22(32)24(14,2)3;/h7-10,16H,11-12,26H2,1-6H3,(H-,27,28,30,31);1H. The number of nitrogens with two attached hydrogens (primary N) is 1. The molecule has 3 aromatic rings. The van der Waals surface area contributed by atoms with Crippen LogP contribution in [0.15, 0.2) is 24.4 Å². The first-order chi connectivity index (χ1) is 16.4. The summed E-state index contributed by atoms with van der Waals surface area (Å²) in [6.07, 6.45) is 1.90. The molecule has 0 saturated carbocycles. The predicted octanol–water partition coefficient (Wildman–Crippen LogP) is 2.67. The monoisotopic (exact) mass is 550 g/mol. The molecule has 1 aliphatic carbocycles. The number of methoxy groups -OCH3 is 1. The third kappa shape index (κ3) is 4.71. The number of nitrogens with one attached hydrogen (secondary N) is 1. The van der Waals surface area contributed by atoms with Crippen molar-refractivity contribution in [3.8, 4) is 11.7 Å². The smallest absolute Gasteiger partial charge is 0.402 e. The van der Waals surface area contributed by atoms with Gasteiger partial charge >= 0.3 is 5.95 Å². The largest absolute Gasteiger partial charge is 0.548 e. The number of carbonyl (C=O) groups is 2. The summed E-state index contributed by atoms with van der Waals surface area (Å²) in [7, 11) is 4.52. The second-order valence-electron chi connectivity index (χ2n) is 9.85. The zero-order valence-electron chi connectivity index (χ0n) is 21.1. The van der Waals surface area contributed by atoms with E-state index in [1.54, 1.807) is 7.11 Å². The second-order valence-corrected chi connectivity index (χ2v) is 12.4. The zero-order chi connectivity index (χ0) is 25.7. The van der Waals surface area contributed by atoms with Crippen molar-refractivity contribution in [2.24, 2.45) is 5.73 Å². The Hall–Kier alpha value is -2.27. The number of nitrogens with zero attached hydrogens (tertiary/aromatic N) is 2. The van der Waals surface area contributed by atoms with E-state index in [-0.39, 0.29) is 23.9 Å². The number of aromatic nitrogens is 3. The molecule has 36 heavy (non-hydrogen) atoms. The van der Waals surface area contributed by atoms with Crippen molar-refractivity contribution in [1.82, 2.24) is 9.97 Å². The Labute approximate surface area is 224 Å². The molecule has 0 aliphatic heterocycles. The van der Waals surface area contributed by atoms with Crippen LogP contribution in [0.5, 0.6) is 5.75 Å². The van der Waals surface area contributed by atoms with Gasteiger partial charge in [0.05, 0.1) is 31.1 Å². The van der Waals surface area contributed by atoms with Crippen molar-refractivity contribution in [3.63, 3.8) is 0 Å². The number of hydrogen-bond acceptors (Lipinski definition) is 8. The van der Waals surface area contributed by atoms with E-state index >= 15 is 0 Å². The summed E-state index contributed by atoms with van der Waals surface area (Å²) in [5.41, 5.74) is 10.1. The van der Waals surface area contributed by atoms with Crippen molar-refractivity contribution >= 4 is 56.8 Å². The molecule has 3 N–H and O–H groups in total. The number of ketones is 1. The van der Waals surface area contributed by atoms with E-state index in [2.05, 4.69) is 11.1 Å². The minimum atomic E-state index is -1.26. The summed E-state index contributed by atoms with van der Waals surface area (Å²) < 4.78 is 7.51. The first kappa shape index (κ1) is 28.3. The van der Waals surface area contributed by atoms with Gasteiger partial charge in [-0.2, -0.15) is 0 Å². The van der Waals surface area contributed by atoms with E-state index in [4.69, 9.17) is 15.5 Å². The Kier molecular flexibility index (Phi) is 8.05. The number of Topliss-reactive ketones (excluding diaryl/α,β-unsaturated/α-hetero) is 1. The summed E-state index contributed by atoms with van der Waals surface area (Å²) >= 11 is 0. The fourth-order valence-corrected chi connectivity index (χ4v) is 7.02. The van der Waals surface area contributed by atoms with Gasteiger partial charge in [0.2, 0.25) is 0 Å². The molecule has 1 aromatic carbocycles. The molecular formula is C25H31ClN4O4S2. The molecule has 0 saturated heterocycles. The molecule has 0 bridgehead atoms. The summed E-state index contributed by atoms with van der Waals surface area (Å²) in [6.45, 7) is 9.89. The van der Waals surface area contributed by atoms with Gasteiger partial charge in [-0.3, -0.25) is 4.79 Å². The second kappa shape index (κ2) is 10.2. The Morgan fingerprint density at radius 2 is 1.86 bits per heavy atom. The van der Waals surface area contributed by atoms with E-state index in [0.717, 1.165) is 39.2 Å². The van der Waals surface area contributed by atoms with E-state index < -0.39 is 22.8 Å². The van der Waals surface area contributed by atoms with E-state index in [0.29, 0.717) is 11.7 Å². The minimum Gasteiger partial charge on any atom is -0.548 e. The normalized spacial score (nSPS) is 16.5. The lowest BCUT2D eigenvalue weighted by molar-refractivity contribution is -0.610. The molecule has 11 heteroatoms. The van der Waals surface area contributed by atoms with Crippen LogP contribution in [0.25, 0.3) is 17.0 Å². The number of carbonyl (C=O) groups excluding carboxylic acids is 2. The van der Waals surface area contributed by atoms with Crippen molar-refractivity contribution in [3.05, 3.63) is 46.8 Å². The summed E-state index contributed by atoms with van der Waals surface area (Å²) in [6, 6.07) is 4.96. The number of H-pyrrole nitrogens is 1. The number of aromatic amines is 1. The molecule has 0 radical (unpaired) electrons. The summed E-state index contributed by atoms with van der Waals surface area (Å²) in [5, 5.41) is 10.9. The number of hydrogen-bond donors (Lipinski definition) is 2. The highest BCUT2D eigenvalue weighted by molar-refractivity contribution is 8.76. The topological polar surface area (TPSA) is 125 Å². The van der Waals surface area contributed by atoms with Gasteiger partial charge in [-0.15, -0.1) is 12.4 Å². The lowest BCUT2D eigenvalue weighted by Gasteiger charge is -2.21. The van der Waals surface area contributed by atoms with Crippen LogP contribution in [0.1, 0.15) is 50.1 Å². The third-order valence-electron chi connectivity index (χ3n) is 6.84. The molecule has 1 aliphatic rings. The average molecular weight is 551 g/mol. The average Bonchev–Trinajstić information content (AvgIpc) is 3.28. The fraction of sp³-hybridized carbons (Fsp3) is 0.440. The SMILES string of the molecule is COc1cc[n+](-c2nc3cc4c(cc3[nH]2)C(C)(C)C(=O)C4(C)C)c(CSSCC(N)C(=O)[O-])c1C.Cl. The molecular weight excluding hydrogens is 520 g/mol. The van der Waals surface area contributed by atoms with Gasteiger partial charge in [-0.05, 0) is 57.9 Å². The number of halogens is 1. The Balaban J connectivity index is 0.00000361. The number of benzene rings is 1. The van der Waals surface area contributed by atoms with Crippen LogP contribution in [0, 0.1) is 6.92 Å². The fourth-order valence-electron chi connectivity index (χ4n) is 4.78. The molecule has 0 spiro atoms. The van der Waals surface area contributed by atoms with E-state index in [9.17, 15) is 14.7 Å². The Morgan fingerprint density at radius 3 is 2.47 bits per heavy atom. The van der Waals surface area contributed by atoms with Gasteiger partial charge in [-0.1, -0.05) is 26.6 Å². The van der Waals surface area contributed by atoms with Crippen LogP contribution in [-0.2, 0) is 26.2 Å². The van der Waals surface area contributed by atoms with Gasteiger partial charge in [0.15, 0.2) is 11.3 Å². The van der Waals surface area contributed by atoms with Gasteiger partial charge < -0.3 is 20.4 Å². The third-order valence-corrected chi connectivity index (χ3v) is 9.15. The van der Waals surface area contributed by atoms with Crippen LogP contribution in [-0.4, -0.2) is 40.6 Å². The maximum Gasteiger partial charge on any atom is 0.402 e. The molecule has 0 amide bonds. The number of fused-ring (bicyclic) bond motifs is 2. The predicted molar refractivity (Wildman–Crippen MR) is 144 cm³/mol. The minimum absolute atomic E-state index is 0. The Morgan fingerprint density at radius 1 is 1.22 bits per heavy atom. The van der Waals surface area contributed by atoms with Crippen LogP contribution >= 0.6 is 34.0 Å². The molecule has 2 heterocycles. The van der Waals surface area contributed by atoms with Crippen molar-refractivity contribution in [1.29, 1.82) is 0 Å². The number of aliphatic carboxylic acids is 1. The van der Waals surface area contributed by atoms with Crippen LogP contribution in [0.2, 0.25) is 0 Å². The van der Waals surface area contributed by atoms with Gasteiger partial charge in [-0.25, -0.2) is 9.55 Å². The number of ether oxygens (including phenoxy) is 1. The quantitative estimate of drug-likeness (QED) is 0.249. The lowest BCUT2D eigenvalue weighted by Crippen LogP contribution is -2.43. The highest BCUT2D eigenvalue weighted by Crippen LogP contribution is 2.47. The van der Waals surface area contributed by atoms with Gasteiger partial charge in [0.25, 0.3) is 0 Å². The van der Waals surface area contributed by atoms with Crippen LogP contribution in [0.3, 0.4) is 0 Å². The highest BCUT2D eigenvalue weighted by Gasteiger charge is 2.50. The Bertz CT molecular complexity index is 1280. The number of carboxylic acids is 1. The molecule has 1 atom stereocenters. The lowest BCUT2D eigenvalue weighted by atomic mass is 9.80. The van der Waals surface area contributed by atoms with Crippen molar-refractivity contribution < 1.29 is 24.0 Å². The molecule has 4 rings (SSSR count). The van der Waals surface area contributed by atoms with Gasteiger partial charge in [0.1, 0.15) is 17.0 Å². The molecule has 8 nitrogen and oxygen atoms in total. The maximum atomic E-state index is 13.0. The summed E-state index contributed by atoms with van der Waals surface area (Å²) in [5.74, 6) is 1.19. The van der Waals surface area contributed by atoms with E-state index in [1.165, 1.54) is 21.6 Å². The van der Waals surface area contributed by atoms with Gasteiger partial charge in [0, 0.05) is 28.2 Å². The molecule has 1 unspecified atom stereocenters. The van der Waals surface area contributed by atoms with Crippen LogP contribution < -0.4 is 20.1 Å².